The molecule has 1 rings (SSSR count). The molecule has 1 aromatic carbocycles. The van der Waals surface area contributed by atoms with Gasteiger partial charge in [0.1, 0.15) is 0 Å². The highest BCUT2D eigenvalue weighted by molar-refractivity contribution is 6.00. The second-order valence-corrected chi connectivity index (χ2v) is 3.99. The lowest BCUT2D eigenvalue weighted by Crippen LogP contribution is -2.23. The molecule has 0 aliphatic carbocycles. The Balaban J connectivity index is 0.00000110. The number of ether oxygens (including phenoxy) is 1. The largest absolute Gasteiger partial charge is 0.454 e. The van der Waals surface area contributed by atoms with Crippen LogP contribution in [0.3, 0.4) is 0 Å². The van der Waals surface area contributed by atoms with Gasteiger partial charge in [-0.3, -0.25) is 14.4 Å². The Kier molecular flexibility index (Phi) is 8.61. The van der Waals surface area contributed by atoms with E-state index in [0.717, 1.165) is 12.0 Å². The molecule has 1 amide bonds. The Bertz CT molecular complexity index is 443. The van der Waals surface area contributed by atoms with Gasteiger partial charge in [-0.15, -0.1) is 0 Å². The summed E-state index contributed by atoms with van der Waals surface area (Å²) in [6.07, 6.45) is 0.293. The monoisotopic (exact) mass is 280 g/mol. The second-order valence-electron chi connectivity index (χ2n) is 3.99. The summed E-state index contributed by atoms with van der Waals surface area (Å²) in [5.74, 6) is -0.648. The summed E-state index contributed by atoms with van der Waals surface area (Å²) in [5, 5.41) is 0. The Labute approximate surface area is 118 Å². The van der Waals surface area contributed by atoms with E-state index in [1.165, 1.54) is 6.92 Å². The number of benzene rings is 1. The third-order valence-electron chi connectivity index (χ3n) is 2.38. The molecule has 0 fully saturated rings. The maximum atomic E-state index is 11.8. The van der Waals surface area contributed by atoms with E-state index < -0.39 is 12.1 Å². The first-order chi connectivity index (χ1) is 9.46. The van der Waals surface area contributed by atoms with E-state index in [0.29, 0.717) is 12.1 Å². The average molecular weight is 280 g/mol. The van der Waals surface area contributed by atoms with Crippen molar-refractivity contribution in [3.8, 4) is 0 Å². The number of nitrogens with two attached hydrogens (primary N) is 2. The summed E-state index contributed by atoms with van der Waals surface area (Å²) in [4.78, 5) is 31.2. The highest BCUT2D eigenvalue weighted by Gasteiger charge is 2.17. The lowest BCUT2D eigenvalue weighted by Gasteiger charge is -2.10. The fourth-order valence-electron chi connectivity index (χ4n) is 1.54. The number of Topliss-reactive ketones (excluding diaryl/α,β-unsaturated/α-hetero) is 1. The molecule has 0 aliphatic heterocycles. The van der Waals surface area contributed by atoms with E-state index in [1.807, 2.05) is 12.1 Å². The zero-order valence-corrected chi connectivity index (χ0v) is 11.7. The molecular weight excluding hydrogens is 260 g/mol. The predicted molar refractivity (Wildman–Crippen MR) is 75.0 cm³/mol. The normalized spacial score (nSPS) is 10.8. The topological polar surface area (TPSA) is 112 Å². The number of rotatable bonds is 5. The quantitative estimate of drug-likeness (QED) is 0.461. The van der Waals surface area contributed by atoms with E-state index in [1.54, 1.807) is 19.1 Å². The predicted octanol–water partition coefficient (Wildman–Crippen LogP) is 0.424. The Hall–Kier alpha value is -2.21. The molecule has 0 radical (unpaired) electrons. The number of ketones is 1. The van der Waals surface area contributed by atoms with Crippen LogP contribution in [-0.4, -0.2) is 30.8 Å². The van der Waals surface area contributed by atoms with E-state index >= 15 is 0 Å². The van der Waals surface area contributed by atoms with Gasteiger partial charge in [0.2, 0.25) is 12.2 Å². The van der Waals surface area contributed by atoms with Gasteiger partial charge in [0.15, 0.2) is 6.10 Å². The lowest BCUT2D eigenvalue weighted by molar-refractivity contribution is -0.143. The van der Waals surface area contributed by atoms with Crippen molar-refractivity contribution in [3.05, 3.63) is 35.4 Å². The molecule has 0 saturated carbocycles. The zero-order chi connectivity index (χ0) is 15.5. The van der Waals surface area contributed by atoms with E-state index in [9.17, 15) is 9.59 Å². The summed E-state index contributed by atoms with van der Waals surface area (Å²) in [6.45, 7) is 3.43. The fraction of sp³-hybridized carbons (Fsp3) is 0.357. The Morgan fingerprint density at radius 3 is 2.20 bits per heavy atom. The van der Waals surface area contributed by atoms with Crippen LogP contribution >= 0.6 is 0 Å². The van der Waals surface area contributed by atoms with Gasteiger partial charge < -0.3 is 16.2 Å². The first-order valence-corrected chi connectivity index (χ1v) is 6.12. The van der Waals surface area contributed by atoms with Gasteiger partial charge in [-0.25, -0.2) is 0 Å². The first kappa shape index (κ1) is 17.8. The fourth-order valence-corrected chi connectivity index (χ4v) is 1.54. The van der Waals surface area contributed by atoms with Crippen molar-refractivity contribution < 1.29 is 19.1 Å². The van der Waals surface area contributed by atoms with Gasteiger partial charge >= 0.3 is 5.97 Å². The number of hydrogen-bond donors (Lipinski definition) is 2. The molecule has 6 heteroatoms. The van der Waals surface area contributed by atoms with Crippen LogP contribution in [0.15, 0.2) is 24.3 Å². The van der Waals surface area contributed by atoms with Gasteiger partial charge in [0.05, 0.1) is 0 Å². The molecule has 0 aromatic heterocycles. The zero-order valence-electron chi connectivity index (χ0n) is 11.7. The molecule has 1 aromatic rings. The van der Waals surface area contributed by atoms with Crippen molar-refractivity contribution in [3.63, 3.8) is 0 Å². The van der Waals surface area contributed by atoms with Crippen molar-refractivity contribution in [1.82, 2.24) is 0 Å². The van der Waals surface area contributed by atoms with Crippen LogP contribution in [0, 0.1) is 0 Å². The van der Waals surface area contributed by atoms with Gasteiger partial charge in [0, 0.05) is 12.5 Å². The van der Waals surface area contributed by atoms with Gasteiger partial charge in [-0.2, -0.15) is 0 Å². The van der Waals surface area contributed by atoms with Gasteiger partial charge in [-0.1, -0.05) is 24.3 Å². The van der Waals surface area contributed by atoms with Crippen molar-refractivity contribution >= 4 is 18.2 Å². The standard InChI is InChI=1S/C13H17NO3.CH3NO/c1-9(17-10(2)15)13(16)12-5-3-11(4-6-12)7-8-14;2-1-3/h3-6,9H,7-8,14H2,1-2H3;1H,(H2,2,3). The van der Waals surface area contributed by atoms with Crippen LogP contribution in [0.1, 0.15) is 29.8 Å². The van der Waals surface area contributed by atoms with Crippen LogP contribution in [0.2, 0.25) is 0 Å². The van der Waals surface area contributed by atoms with E-state index in [4.69, 9.17) is 15.3 Å². The van der Waals surface area contributed by atoms with Crippen molar-refractivity contribution in [2.24, 2.45) is 11.5 Å². The Morgan fingerprint density at radius 1 is 1.30 bits per heavy atom. The molecule has 110 valence electrons. The van der Waals surface area contributed by atoms with Gasteiger partial charge in [0.25, 0.3) is 0 Å². The highest BCUT2D eigenvalue weighted by Crippen LogP contribution is 2.09. The molecular formula is C14H20N2O4. The van der Waals surface area contributed by atoms with Crippen LogP contribution in [-0.2, 0) is 20.7 Å². The molecule has 0 aliphatic rings. The van der Waals surface area contributed by atoms with Crippen LogP contribution in [0.5, 0.6) is 0 Å². The lowest BCUT2D eigenvalue weighted by atomic mass is 10.0. The van der Waals surface area contributed by atoms with E-state index in [2.05, 4.69) is 5.73 Å². The smallest absolute Gasteiger partial charge is 0.303 e. The summed E-state index contributed by atoms with van der Waals surface area (Å²) in [5.41, 5.74) is 11.2. The number of hydrogen-bond acceptors (Lipinski definition) is 5. The summed E-state index contributed by atoms with van der Waals surface area (Å²) < 4.78 is 4.84. The number of amides is 1. The molecule has 20 heavy (non-hydrogen) atoms. The molecule has 0 bridgehead atoms. The van der Waals surface area contributed by atoms with Gasteiger partial charge in [-0.05, 0) is 25.5 Å². The summed E-state index contributed by atoms with van der Waals surface area (Å²) in [6, 6.07) is 7.18. The average Bonchev–Trinajstić information content (AvgIpc) is 2.39. The maximum absolute atomic E-state index is 11.8. The molecule has 6 nitrogen and oxygen atoms in total. The van der Waals surface area contributed by atoms with Crippen LogP contribution in [0.4, 0.5) is 0 Å². The van der Waals surface area contributed by atoms with Crippen LogP contribution < -0.4 is 11.5 Å². The molecule has 0 heterocycles. The van der Waals surface area contributed by atoms with Crippen molar-refractivity contribution in [2.75, 3.05) is 6.54 Å². The second kappa shape index (κ2) is 9.69. The number of carbonyl (C=O) groups is 3. The highest BCUT2D eigenvalue weighted by atomic mass is 16.5. The van der Waals surface area contributed by atoms with Crippen molar-refractivity contribution in [2.45, 2.75) is 26.4 Å². The molecule has 0 spiro atoms. The Morgan fingerprint density at radius 2 is 1.80 bits per heavy atom. The third kappa shape index (κ3) is 6.65. The summed E-state index contributed by atoms with van der Waals surface area (Å²) in [7, 11) is 0. The minimum Gasteiger partial charge on any atom is -0.454 e. The first-order valence-electron chi connectivity index (χ1n) is 6.12. The number of esters is 1. The van der Waals surface area contributed by atoms with Crippen LogP contribution in [0.25, 0.3) is 0 Å². The van der Waals surface area contributed by atoms with E-state index in [-0.39, 0.29) is 12.2 Å². The minimum atomic E-state index is -0.743. The van der Waals surface area contributed by atoms with Crippen molar-refractivity contribution in [1.29, 1.82) is 0 Å². The number of primary amides is 1. The molecule has 4 N–H and O–H groups in total. The maximum Gasteiger partial charge on any atom is 0.303 e. The SMILES string of the molecule is CC(=O)OC(C)C(=O)c1ccc(CCN)cc1.NC=O. The minimum absolute atomic E-state index is 0.195. The molecule has 0 saturated heterocycles. The third-order valence-corrected chi connectivity index (χ3v) is 2.38. The summed E-state index contributed by atoms with van der Waals surface area (Å²) >= 11 is 0. The molecule has 1 atom stereocenters. The number of carbonyl (C=O) groups excluding carboxylic acids is 3. The molecule has 1 unspecified atom stereocenters.